The van der Waals surface area contributed by atoms with Crippen LogP contribution in [0.3, 0.4) is 0 Å². The molecular formula is C29H32FN3O2. The summed E-state index contributed by atoms with van der Waals surface area (Å²) in [6.07, 6.45) is 6.21. The van der Waals surface area contributed by atoms with E-state index in [2.05, 4.69) is 35.0 Å². The molecule has 2 fully saturated rings. The number of likely N-dealkylation sites (tertiary alicyclic amines) is 2. The molecular weight excluding hydrogens is 441 g/mol. The predicted molar refractivity (Wildman–Crippen MR) is 134 cm³/mol. The quantitative estimate of drug-likeness (QED) is 0.530. The summed E-state index contributed by atoms with van der Waals surface area (Å²) in [7, 11) is 0. The molecule has 0 unspecified atom stereocenters. The number of nitrogens with zero attached hydrogens (tertiary/aromatic N) is 3. The number of halogens is 1. The summed E-state index contributed by atoms with van der Waals surface area (Å²) in [6, 6.07) is 16.1. The fraction of sp³-hybridized carbons (Fsp3) is 0.414. The van der Waals surface area contributed by atoms with Gasteiger partial charge in [-0.25, -0.2) is 4.39 Å². The molecule has 0 bridgehead atoms. The Morgan fingerprint density at radius 1 is 1.00 bits per heavy atom. The van der Waals surface area contributed by atoms with E-state index in [1.165, 1.54) is 35.2 Å². The third-order valence-corrected chi connectivity index (χ3v) is 7.81. The van der Waals surface area contributed by atoms with Gasteiger partial charge < -0.3 is 9.80 Å². The number of benzene rings is 2. The highest BCUT2D eigenvalue weighted by Crippen LogP contribution is 2.35. The maximum absolute atomic E-state index is 13.6. The van der Waals surface area contributed by atoms with E-state index in [-0.39, 0.29) is 17.6 Å². The van der Waals surface area contributed by atoms with Crippen LogP contribution in [0.1, 0.15) is 48.5 Å². The Morgan fingerprint density at radius 2 is 1.77 bits per heavy atom. The summed E-state index contributed by atoms with van der Waals surface area (Å²) in [5, 5.41) is 1.20. The molecule has 35 heavy (non-hydrogen) atoms. The molecule has 5 rings (SSSR count). The minimum absolute atomic E-state index is 0.0953. The maximum atomic E-state index is 13.6. The first kappa shape index (κ1) is 23.5. The van der Waals surface area contributed by atoms with E-state index in [9.17, 15) is 14.0 Å². The van der Waals surface area contributed by atoms with Crippen molar-refractivity contribution in [3.63, 3.8) is 0 Å². The van der Waals surface area contributed by atoms with Gasteiger partial charge in [0.25, 0.3) is 5.91 Å². The average Bonchev–Trinajstić information content (AvgIpc) is 2.89. The molecule has 2 aliphatic rings. The van der Waals surface area contributed by atoms with Crippen LogP contribution in [-0.2, 0) is 11.2 Å². The van der Waals surface area contributed by atoms with Crippen LogP contribution in [0.15, 0.2) is 60.8 Å². The topological polar surface area (TPSA) is 53.5 Å². The van der Waals surface area contributed by atoms with Crippen molar-refractivity contribution in [2.75, 3.05) is 26.2 Å². The summed E-state index contributed by atoms with van der Waals surface area (Å²) >= 11 is 0. The summed E-state index contributed by atoms with van der Waals surface area (Å²) in [6.45, 7) is 4.72. The van der Waals surface area contributed by atoms with Crippen LogP contribution in [0.4, 0.5) is 4.39 Å². The third kappa shape index (κ3) is 4.93. The number of piperidine rings is 2. The van der Waals surface area contributed by atoms with Crippen LogP contribution in [0.2, 0.25) is 0 Å². The van der Waals surface area contributed by atoms with Gasteiger partial charge in [-0.15, -0.1) is 0 Å². The number of pyridine rings is 1. The first-order valence-electron chi connectivity index (χ1n) is 12.6. The summed E-state index contributed by atoms with van der Waals surface area (Å²) in [5.41, 5.74) is 2.35. The number of rotatable bonds is 4. The molecule has 2 aliphatic heterocycles. The molecule has 1 aromatic heterocycles. The van der Waals surface area contributed by atoms with Gasteiger partial charge in [0, 0.05) is 48.7 Å². The lowest BCUT2D eigenvalue weighted by Gasteiger charge is -2.43. The van der Waals surface area contributed by atoms with E-state index < -0.39 is 5.41 Å². The minimum Gasteiger partial charge on any atom is -0.342 e. The van der Waals surface area contributed by atoms with E-state index in [1.54, 1.807) is 4.90 Å². The highest BCUT2D eigenvalue weighted by molar-refractivity contribution is 5.94. The van der Waals surface area contributed by atoms with Gasteiger partial charge in [-0.3, -0.25) is 14.6 Å². The Bertz CT molecular complexity index is 1210. The average molecular weight is 474 g/mol. The molecule has 182 valence electrons. The minimum atomic E-state index is -0.454. The fourth-order valence-corrected chi connectivity index (χ4v) is 5.65. The van der Waals surface area contributed by atoms with Gasteiger partial charge in [-0.1, -0.05) is 25.1 Å². The monoisotopic (exact) mass is 473 g/mol. The van der Waals surface area contributed by atoms with Crippen molar-refractivity contribution in [2.45, 2.75) is 39.0 Å². The van der Waals surface area contributed by atoms with Crippen LogP contribution in [0, 0.1) is 17.2 Å². The smallest absolute Gasteiger partial charge is 0.253 e. The number of aromatic nitrogens is 1. The van der Waals surface area contributed by atoms with Crippen molar-refractivity contribution in [1.82, 2.24) is 14.8 Å². The first-order valence-corrected chi connectivity index (χ1v) is 12.6. The number of fused-ring (bicyclic) bond motifs is 1. The van der Waals surface area contributed by atoms with E-state index in [0.29, 0.717) is 37.4 Å². The second kappa shape index (κ2) is 9.76. The van der Waals surface area contributed by atoms with E-state index in [1.807, 2.05) is 18.3 Å². The predicted octanol–water partition coefficient (Wildman–Crippen LogP) is 5.10. The Kier molecular flexibility index (Phi) is 6.54. The molecule has 0 radical (unpaired) electrons. The zero-order chi connectivity index (χ0) is 24.4. The van der Waals surface area contributed by atoms with E-state index in [4.69, 9.17) is 0 Å². The van der Waals surface area contributed by atoms with Crippen LogP contribution < -0.4 is 0 Å². The molecule has 3 heterocycles. The van der Waals surface area contributed by atoms with Crippen molar-refractivity contribution in [3.8, 4) is 0 Å². The van der Waals surface area contributed by atoms with Crippen LogP contribution >= 0.6 is 0 Å². The zero-order valence-electron chi connectivity index (χ0n) is 20.3. The lowest BCUT2D eigenvalue weighted by atomic mass is 9.78. The van der Waals surface area contributed by atoms with Crippen molar-refractivity contribution < 1.29 is 14.0 Å². The summed E-state index contributed by atoms with van der Waals surface area (Å²) in [4.78, 5) is 34.8. The van der Waals surface area contributed by atoms with Gasteiger partial charge >= 0.3 is 0 Å². The second-order valence-electron chi connectivity index (χ2n) is 10.3. The van der Waals surface area contributed by atoms with Gasteiger partial charge in [-0.2, -0.15) is 0 Å². The van der Waals surface area contributed by atoms with Crippen molar-refractivity contribution in [2.24, 2.45) is 11.3 Å². The number of carbonyl (C=O) groups is 2. The third-order valence-electron chi connectivity index (χ3n) is 7.81. The lowest BCUT2D eigenvalue weighted by molar-refractivity contribution is -0.145. The molecule has 1 atom stereocenters. The normalized spacial score (nSPS) is 20.1. The highest BCUT2D eigenvalue weighted by Gasteiger charge is 2.41. The van der Waals surface area contributed by atoms with Crippen LogP contribution in [0.25, 0.3) is 10.9 Å². The molecule has 2 saturated heterocycles. The van der Waals surface area contributed by atoms with Crippen LogP contribution in [-0.4, -0.2) is 52.8 Å². The van der Waals surface area contributed by atoms with E-state index >= 15 is 0 Å². The SMILES string of the molecule is CC1(C(=O)N2CCC[C@@H](Cc3cccc4ncccc34)C2)CCN(C(=O)c2ccc(F)cc2)CC1. The Labute approximate surface area is 205 Å². The number of hydrogen-bond acceptors (Lipinski definition) is 3. The van der Waals surface area contributed by atoms with Crippen molar-refractivity contribution in [1.29, 1.82) is 0 Å². The number of carbonyl (C=O) groups excluding carboxylic acids is 2. The zero-order valence-corrected chi connectivity index (χ0v) is 20.3. The van der Waals surface area contributed by atoms with Gasteiger partial charge in [0.1, 0.15) is 5.82 Å². The highest BCUT2D eigenvalue weighted by atomic mass is 19.1. The summed E-state index contributed by atoms with van der Waals surface area (Å²) < 4.78 is 13.2. The molecule has 0 aliphatic carbocycles. The number of amides is 2. The van der Waals surface area contributed by atoms with Gasteiger partial charge in [0.2, 0.25) is 5.91 Å². The molecule has 0 saturated carbocycles. The lowest BCUT2D eigenvalue weighted by Crippen LogP contribution is -2.52. The Morgan fingerprint density at radius 3 is 2.54 bits per heavy atom. The van der Waals surface area contributed by atoms with Gasteiger partial charge in [0.15, 0.2) is 0 Å². The van der Waals surface area contributed by atoms with Crippen molar-refractivity contribution >= 4 is 22.7 Å². The Hall–Kier alpha value is -3.28. The molecule has 2 aromatic carbocycles. The molecule has 5 nitrogen and oxygen atoms in total. The second-order valence-corrected chi connectivity index (χ2v) is 10.3. The van der Waals surface area contributed by atoms with Crippen molar-refractivity contribution in [3.05, 3.63) is 77.7 Å². The maximum Gasteiger partial charge on any atom is 0.253 e. The van der Waals surface area contributed by atoms with Crippen LogP contribution in [0.5, 0.6) is 0 Å². The van der Waals surface area contributed by atoms with Gasteiger partial charge in [0.05, 0.1) is 5.52 Å². The largest absolute Gasteiger partial charge is 0.342 e. The van der Waals surface area contributed by atoms with Gasteiger partial charge in [-0.05, 0) is 80.0 Å². The first-order chi connectivity index (χ1) is 16.9. The van der Waals surface area contributed by atoms with E-state index in [0.717, 1.165) is 37.9 Å². The molecule has 2 amide bonds. The Balaban J connectivity index is 1.21. The summed E-state index contributed by atoms with van der Waals surface area (Å²) in [5.74, 6) is 0.204. The molecule has 0 N–H and O–H groups in total. The molecule has 0 spiro atoms. The molecule has 6 heteroatoms. The molecule has 3 aromatic rings. The standard InChI is InChI=1S/C29H32FN3O2/c1-29(13-17-32(18-14-29)27(34)22-9-11-24(30)12-10-22)28(35)33-16-4-5-21(20-33)19-23-6-2-8-26-25(23)7-3-15-31-26/h2-3,6-12,15,21H,4-5,13-14,16-20H2,1H3/t21-/m0/s1. The fourth-order valence-electron chi connectivity index (χ4n) is 5.65. The number of hydrogen-bond donors (Lipinski definition) is 0.